The number of halogens is 3. The maximum Gasteiger partial charge on any atom is 0.453 e. The zero-order chi connectivity index (χ0) is 17.5. The van der Waals surface area contributed by atoms with Gasteiger partial charge in [-0.3, -0.25) is 4.21 Å². The van der Waals surface area contributed by atoms with Crippen LogP contribution in [0.5, 0.6) is 0 Å². The molecule has 6 nitrogen and oxygen atoms in total. The molecule has 1 aliphatic rings. The molecule has 0 bridgehead atoms. The molecule has 0 saturated carbocycles. The molecular weight excluding hydrogens is 343 g/mol. The van der Waals surface area contributed by atoms with Crippen molar-refractivity contribution >= 4 is 22.3 Å². The summed E-state index contributed by atoms with van der Waals surface area (Å²) < 4.78 is 51.7. The maximum absolute atomic E-state index is 13.0. The van der Waals surface area contributed by atoms with Crippen molar-refractivity contribution < 1.29 is 17.4 Å². The van der Waals surface area contributed by atoms with Crippen LogP contribution in [-0.4, -0.2) is 47.6 Å². The van der Waals surface area contributed by atoms with Crippen molar-refractivity contribution in [2.24, 2.45) is 0 Å². The van der Waals surface area contributed by atoms with E-state index in [0.717, 1.165) is 17.4 Å². The summed E-state index contributed by atoms with van der Waals surface area (Å²) in [6.45, 7) is 4.98. The minimum absolute atomic E-state index is 0.0453. The SMILES string of the molecule is CCC1(CC)CN(c2ccc3nnc(C(F)(F)F)n3n2)CCS1=O. The van der Waals surface area contributed by atoms with E-state index in [1.54, 1.807) is 6.07 Å². The van der Waals surface area contributed by atoms with Crippen molar-refractivity contribution in [2.45, 2.75) is 37.6 Å². The highest BCUT2D eigenvalue weighted by atomic mass is 32.2. The van der Waals surface area contributed by atoms with E-state index in [-0.39, 0.29) is 10.4 Å². The molecule has 3 rings (SSSR count). The minimum Gasteiger partial charge on any atom is -0.353 e. The Morgan fingerprint density at radius 2 is 1.96 bits per heavy atom. The van der Waals surface area contributed by atoms with Gasteiger partial charge in [-0.25, -0.2) is 0 Å². The van der Waals surface area contributed by atoms with Gasteiger partial charge in [-0.1, -0.05) is 13.8 Å². The first-order valence-electron chi connectivity index (χ1n) is 7.74. The Hall–Kier alpha value is -1.71. The third-order valence-electron chi connectivity index (χ3n) is 4.62. The quantitative estimate of drug-likeness (QED) is 0.839. The van der Waals surface area contributed by atoms with E-state index in [0.29, 0.717) is 24.7 Å². The lowest BCUT2D eigenvalue weighted by atomic mass is 10.0. The predicted octanol–water partition coefficient (Wildman–Crippen LogP) is 2.27. The average Bonchev–Trinajstić information content (AvgIpc) is 2.99. The molecule has 0 aliphatic carbocycles. The summed E-state index contributed by atoms with van der Waals surface area (Å²) in [6, 6.07) is 3.10. The topological polar surface area (TPSA) is 63.4 Å². The normalized spacial score (nSPS) is 21.4. The van der Waals surface area contributed by atoms with Crippen LogP contribution in [0.3, 0.4) is 0 Å². The van der Waals surface area contributed by atoms with E-state index in [9.17, 15) is 17.4 Å². The number of anilines is 1. The van der Waals surface area contributed by atoms with Crippen molar-refractivity contribution in [1.82, 2.24) is 19.8 Å². The molecule has 1 unspecified atom stereocenters. The van der Waals surface area contributed by atoms with Crippen molar-refractivity contribution in [2.75, 3.05) is 23.7 Å². The van der Waals surface area contributed by atoms with Crippen molar-refractivity contribution in [3.63, 3.8) is 0 Å². The van der Waals surface area contributed by atoms with Gasteiger partial charge >= 0.3 is 6.18 Å². The Balaban J connectivity index is 1.99. The molecule has 1 atom stereocenters. The van der Waals surface area contributed by atoms with Crippen molar-refractivity contribution in [1.29, 1.82) is 0 Å². The second kappa shape index (κ2) is 5.98. The molecule has 132 valence electrons. The number of hydrogen-bond donors (Lipinski definition) is 0. The van der Waals surface area contributed by atoms with Gasteiger partial charge < -0.3 is 4.90 Å². The number of fused-ring (bicyclic) bond motifs is 1. The van der Waals surface area contributed by atoms with Crippen LogP contribution < -0.4 is 4.90 Å². The lowest BCUT2D eigenvalue weighted by molar-refractivity contribution is -0.146. The van der Waals surface area contributed by atoms with E-state index in [1.165, 1.54) is 6.07 Å². The van der Waals surface area contributed by atoms with Crippen LogP contribution in [0.1, 0.15) is 32.5 Å². The number of hydrogen-bond acceptors (Lipinski definition) is 5. The van der Waals surface area contributed by atoms with Gasteiger partial charge in [0.05, 0.1) is 4.75 Å². The second-order valence-corrected chi connectivity index (χ2v) is 7.81. The van der Waals surface area contributed by atoms with Crippen molar-refractivity contribution in [3.05, 3.63) is 18.0 Å². The second-order valence-electron chi connectivity index (χ2n) is 5.84. The predicted molar refractivity (Wildman–Crippen MR) is 84.3 cm³/mol. The van der Waals surface area contributed by atoms with Crippen LogP contribution in [0.2, 0.25) is 0 Å². The monoisotopic (exact) mass is 361 g/mol. The van der Waals surface area contributed by atoms with Crippen LogP contribution in [-0.2, 0) is 17.0 Å². The van der Waals surface area contributed by atoms with Gasteiger partial charge in [-0.05, 0) is 25.0 Å². The Kier molecular flexibility index (Phi) is 4.27. The molecule has 10 heteroatoms. The zero-order valence-electron chi connectivity index (χ0n) is 13.4. The average molecular weight is 361 g/mol. The number of nitrogens with zero attached hydrogens (tertiary/aromatic N) is 5. The number of rotatable bonds is 3. The van der Waals surface area contributed by atoms with E-state index >= 15 is 0 Å². The first-order valence-corrected chi connectivity index (χ1v) is 9.05. The Bertz CT molecular complexity index is 771. The summed E-state index contributed by atoms with van der Waals surface area (Å²) >= 11 is 0. The summed E-state index contributed by atoms with van der Waals surface area (Å²) in [5.41, 5.74) is 0.0453. The third-order valence-corrected chi connectivity index (χ3v) is 6.85. The van der Waals surface area contributed by atoms with Gasteiger partial charge in [-0.2, -0.15) is 17.7 Å². The Morgan fingerprint density at radius 3 is 2.58 bits per heavy atom. The molecule has 0 N–H and O–H groups in total. The van der Waals surface area contributed by atoms with Gasteiger partial charge in [-0.15, -0.1) is 15.3 Å². The fraction of sp³-hybridized carbons (Fsp3) is 0.643. The standard InChI is InChI=1S/C14H18F3N5OS/c1-3-13(4-2)9-21(7-8-24(13)23)11-6-5-10-18-19-12(14(15,16)17)22(10)20-11/h5-6H,3-4,7-9H2,1-2H3. The summed E-state index contributed by atoms with van der Waals surface area (Å²) in [5, 5.41) is 10.8. The highest BCUT2D eigenvalue weighted by Crippen LogP contribution is 2.31. The molecule has 3 heterocycles. The van der Waals surface area contributed by atoms with E-state index in [2.05, 4.69) is 15.3 Å². The lowest BCUT2D eigenvalue weighted by Crippen LogP contribution is -2.53. The summed E-state index contributed by atoms with van der Waals surface area (Å²) in [7, 11) is -0.950. The Morgan fingerprint density at radius 1 is 1.25 bits per heavy atom. The smallest absolute Gasteiger partial charge is 0.353 e. The van der Waals surface area contributed by atoms with E-state index in [1.807, 2.05) is 18.7 Å². The van der Waals surface area contributed by atoms with Gasteiger partial charge in [0.1, 0.15) is 5.82 Å². The van der Waals surface area contributed by atoms with Gasteiger partial charge in [0.15, 0.2) is 5.65 Å². The van der Waals surface area contributed by atoms with Gasteiger partial charge in [0.2, 0.25) is 0 Å². The molecule has 1 saturated heterocycles. The van der Waals surface area contributed by atoms with Crippen LogP contribution in [0, 0.1) is 0 Å². The number of alkyl halides is 3. The van der Waals surface area contributed by atoms with Crippen molar-refractivity contribution in [3.8, 4) is 0 Å². The van der Waals surface area contributed by atoms with E-state index in [4.69, 9.17) is 0 Å². The molecule has 2 aromatic rings. The largest absolute Gasteiger partial charge is 0.453 e. The van der Waals surface area contributed by atoms with Crippen LogP contribution in [0.4, 0.5) is 19.0 Å². The fourth-order valence-corrected chi connectivity index (χ4v) is 4.79. The fourth-order valence-electron chi connectivity index (χ4n) is 3.02. The van der Waals surface area contributed by atoms with E-state index < -0.39 is 22.8 Å². The van der Waals surface area contributed by atoms with Crippen LogP contribution in [0.15, 0.2) is 12.1 Å². The zero-order valence-corrected chi connectivity index (χ0v) is 14.2. The van der Waals surface area contributed by atoms with Crippen LogP contribution >= 0.6 is 0 Å². The molecular formula is C14H18F3N5OS. The molecule has 0 radical (unpaired) electrons. The first kappa shape index (κ1) is 17.1. The molecule has 1 aliphatic heterocycles. The third kappa shape index (κ3) is 2.76. The highest BCUT2D eigenvalue weighted by Gasteiger charge is 2.40. The first-order chi connectivity index (χ1) is 11.3. The Labute approximate surface area is 139 Å². The molecule has 0 spiro atoms. The molecule has 1 fully saturated rings. The minimum atomic E-state index is -4.62. The summed E-state index contributed by atoms with van der Waals surface area (Å²) in [6.07, 6.45) is -3.13. The molecule has 0 amide bonds. The van der Waals surface area contributed by atoms with Gasteiger partial charge in [0.25, 0.3) is 5.82 Å². The van der Waals surface area contributed by atoms with Crippen LogP contribution in [0.25, 0.3) is 5.65 Å². The highest BCUT2D eigenvalue weighted by molar-refractivity contribution is 7.86. The molecule has 2 aromatic heterocycles. The maximum atomic E-state index is 13.0. The summed E-state index contributed by atoms with van der Waals surface area (Å²) in [5.74, 6) is -0.247. The lowest BCUT2D eigenvalue weighted by Gasteiger charge is -2.41. The summed E-state index contributed by atoms with van der Waals surface area (Å²) in [4.78, 5) is 1.90. The molecule has 0 aromatic carbocycles. The molecule has 24 heavy (non-hydrogen) atoms. The number of aromatic nitrogens is 4. The van der Waals surface area contributed by atoms with Gasteiger partial charge in [0, 0.05) is 29.6 Å².